The molecule has 5 nitrogen and oxygen atoms in total. The molecule has 0 saturated carbocycles. The SMILES string of the molecule is Cc1nc2nc(-c3ccccc3)nc(C)c2c(=O)[nH]1. The Labute approximate surface area is 109 Å². The average Bonchev–Trinajstić information content (AvgIpc) is 2.38. The van der Waals surface area contributed by atoms with Gasteiger partial charge in [-0.1, -0.05) is 30.3 Å². The molecule has 0 fully saturated rings. The molecule has 0 amide bonds. The lowest BCUT2D eigenvalue weighted by Crippen LogP contribution is -2.13. The highest BCUT2D eigenvalue weighted by atomic mass is 16.1. The van der Waals surface area contributed by atoms with Gasteiger partial charge in [-0.2, -0.15) is 0 Å². The Morgan fingerprint density at radius 3 is 2.47 bits per heavy atom. The van der Waals surface area contributed by atoms with E-state index < -0.39 is 0 Å². The Morgan fingerprint density at radius 2 is 1.74 bits per heavy atom. The summed E-state index contributed by atoms with van der Waals surface area (Å²) >= 11 is 0. The molecule has 0 radical (unpaired) electrons. The fourth-order valence-corrected chi connectivity index (χ4v) is 2.03. The van der Waals surface area contributed by atoms with Crippen molar-refractivity contribution in [1.82, 2.24) is 19.9 Å². The maximum atomic E-state index is 11.9. The Bertz CT molecular complexity index is 809. The number of aryl methyl sites for hydroxylation is 2. The van der Waals surface area contributed by atoms with Crippen LogP contribution in [-0.4, -0.2) is 19.9 Å². The molecule has 5 heteroatoms. The van der Waals surface area contributed by atoms with Crippen LogP contribution >= 0.6 is 0 Å². The van der Waals surface area contributed by atoms with Crippen molar-refractivity contribution < 1.29 is 0 Å². The standard InChI is InChI=1S/C14H12N4O/c1-8-11-13(16-9(2)17-14(11)19)18-12(15-8)10-6-4-3-5-7-10/h3-7H,1-2H3,(H,15,16,17,18,19). The van der Waals surface area contributed by atoms with Gasteiger partial charge < -0.3 is 4.98 Å². The predicted molar refractivity (Wildman–Crippen MR) is 72.9 cm³/mol. The highest BCUT2D eigenvalue weighted by molar-refractivity contribution is 5.78. The fraction of sp³-hybridized carbons (Fsp3) is 0.143. The molecule has 0 aliphatic heterocycles. The summed E-state index contributed by atoms with van der Waals surface area (Å²) in [6.45, 7) is 3.53. The number of hydrogen-bond acceptors (Lipinski definition) is 4. The van der Waals surface area contributed by atoms with E-state index in [4.69, 9.17) is 0 Å². The topological polar surface area (TPSA) is 71.5 Å². The van der Waals surface area contributed by atoms with E-state index in [2.05, 4.69) is 19.9 Å². The number of aromatic nitrogens is 4. The second kappa shape index (κ2) is 4.28. The van der Waals surface area contributed by atoms with Crippen molar-refractivity contribution in [2.75, 3.05) is 0 Å². The van der Waals surface area contributed by atoms with Gasteiger partial charge in [0.15, 0.2) is 11.5 Å². The highest BCUT2D eigenvalue weighted by Gasteiger charge is 2.10. The molecular weight excluding hydrogens is 240 g/mol. The molecule has 94 valence electrons. The number of aromatic amines is 1. The minimum Gasteiger partial charge on any atom is -0.310 e. The summed E-state index contributed by atoms with van der Waals surface area (Å²) in [6, 6.07) is 9.65. The van der Waals surface area contributed by atoms with Gasteiger partial charge in [0.25, 0.3) is 5.56 Å². The first kappa shape index (κ1) is 11.5. The van der Waals surface area contributed by atoms with Gasteiger partial charge in [0.1, 0.15) is 11.2 Å². The van der Waals surface area contributed by atoms with Gasteiger partial charge in [0.2, 0.25) is 0 Å². The first-order chi connectivity index (χ1) is 9.15. The van der Waals surface area contributed by atoms with Crippen LogP contribution in [-0.2, 0) is 0 Å². The lowest BCUT2D eigenvalue weighted by atomic mass is 10.2. The molecule has 0 spiro atoms. The van der Waals surface area contributed by atoms with Crippen LogP contribution in [0.2, 0.25) is 0 Å². The van der Waals surface area contributed by atoms with Gasteiger partial charge >= 0.3 is 0 Å². The molecule has 1 N–H and O–H groups in total. The van der Waals surface area contributed by atoms with Gasteiger partial charge in [-0.25, -0.2) is 15.0 Å². The third-order valence-corrected chi connectivity index (χ3v) is 2.90. The molecule has 0 bridgehead atoms. The van der Waals surface area contributed by atoms with Crippen molar-refractivity contribution in [2.24, 2.45) is 0 Å². The smallest absolute Gasteiger partial charge is 0.262 e. The molecule has 0 saturated heterocycles. The van der Waals surface area contributed by atoms with Crippen molar-refractivity contribution in [3.63, 3.8) is 0 Å². The Kier molecular flexibility index (Phi) is 2.59. The van der Waals surface area contributed by atoms with E-state index in [0.29, 0.717) is 28.4 Å². The van der Waals surface area contributed by atoms with Gasteiger partial charge in [0.05, 0.1) is 5.69 Å². The zero-order valence-electron chi connectivity index (χ0n) is 10.6. The Hall–Kier alpha value is -2.56. The first-order valence-electron chi connectivity index (χ1n) is 5.96. The second-order valence-corrected chi connectivity index (χ2v) is 4.35. The van der Waals surface area contributed by atoms with E-state index >= 15 is 0 Å². The Morgan fingerprint density at radius 1 is 1.00 bits per heavy atom. The third kappa shape index (κ3) is 1.99. The lowest BCUT2D eigenvalue weighted by molar-refractivity contribution is 1.02. The van der Waals surface area contributed by atoms with Crippen molar-refractivity contribution in [3.8, 4) is 11.4 Å². The summed E-state index contributed by atoms with van der Waals surface area (Å²) in [5, 5.41) is 0.449. The monoisotopic (exact) mass is 252 g/mol. The number of hydrogen-bond donors (Lipinski definition) is 1. The molecule has 0 unspecified atom stereocenters. The van der Waals surface area contributed by atoms with E-state index in [1.807, 2.05) is 30.3 Å². The van der Waals surface area contributed by atoms with Gasteiger partial charge in [-0.3, -0.25) is 4.79 Å². The van der Waals surface area contributed by atoms with Gasteiger partial charge in [-0.05, 0) is 13.8 Å². The molecule has 3 aromatic rings. The molecule has 0 atom stereocenters. The summed E-state index contributed by atoms with van der Waals surface area (Å²) in [5.41, 5.74) is 1.79. The van der Waals surface area contributed by atoms with Crippen LogP contribution in [0, 0.1) is 13.8 Å². The van der Waals surface area contributed by atoms with E-state index in [1.54, 1.807) is 13.8 Å². The van der Waals surface area contributed by atoms with E-state index in [9.17, 15) is 4.79 Å². The van der Waals surface area contributed by atoms with Crippen molar-refractivity contribution in [3.05, 3.63) is 52.2 Å². The minimum atomic E-state index is -0.195. The first-order valence-corrected chi connectivity index (χ1v) is 5.96. The summed E-state index contributed by atoms with van der Waals surface area (Å²) in [4.78, 5) is 27.6. The third-order valence-electron chi connectivity index (χ3n) is 2.90. The molecular formula is C14H12N4O. The zero-order chi connectivity index (χ0) is 13.4. The maximum Gasteiger partial charge on any atom is 0.262 e. The number of nitrogens with zero attached hydrogens (tertiary/aromatic N) is 3. The Balaban J connectivity index is 2.34. The van der Waals surface area contributed by atoms with Crippen molar-refractivity contribution >= 4 is 11.0 Å². The highest BCUT2D eigenvalue weighted by Crippen LogP contribution is 2.17. The van der Waals surface area contributed by atoms with Crippen LogP contribution in [0.25, 0.3) is 22.4 Å². The van der Waals surface area contributed by atoms with Crippen LogP contribution in [0.4, 0.5) is 0 Å². The molecule has 2 heterocycles. The van der Waals surface area contributed by atoms with Crippen LogP contribution in [0.3, 0.4) is 0 Å². The van der Waals surface area contributed by atoms with Crippen LogP contribution < -0.4 is 5.56 Å². The van der Waals surface area contributed by atoms with Crippen molar-refractivity contribution in [2.45, 2.75) is 13.8 Å². The van der Waals surface area contributed by atoms with Gasteiger partial charge in [0, 0.05) is 5.56 Å². The van der Waals surface area contributed by atoms with Crippen LogP contribution in [0.1, 0.15) is 11.5 Å². The molecule has 2 aromatic heterocycles. The number of benzene rings is 1. The summed E-state index contributed by atoms with van der Waals surface area (Å²) < 4.78 is 0. The number of H-pyrrole nitrogens is 1. The molecule has 0 aliphatic carbocycles. The van der Waals surface area contributed by atoms with Crippen LogP contribution in [0.15, 0.2) is 35.1 Å². The molecule has 3 rings (SSSR count). The number of rotatable bonds is 1. The van der Waals surface area contributed by atoms with E-state index in [-0.39, 0.29) is 5.56 Å². The number of fused-ring (bicyclic) bond motifs is 1. The quantitative estimate of drug-likeness (QED) is 0.719. The zero-order valence-corrected chi connectivity index (χ0v) is 10.6. The van der Waals surface area contributed by atoms with Crippen LogP contribution in [0.5, 0.6) is 0 Å². The second-order valence-electron chi connectivity index (χ2n) is 4.35. The molecule has 0 aliphatic rings. The molecule has 19 heavy (non-hydrogen) atoms. The minimum absolute atomic E-state index is 0.195. The summed E-state index contributed by atoms with van der Waals surface area (Å²) in [5.74, 6) is 1.14. The largest absolute Gasteiger partial charge is 0.310 e. The summed E-state index contributed by atoms with van der Waals surface area (Å²) in [7, 11) is 0. The number of nitrogens with one attached hydrogen (secondary N) is 1. The van der Waals surface area contributed by atoms with E-state index in [1.165, 1.54) is 0 Å². The lowest BCUT2D eigenvalue weighted by Gasteiger charge is -2.05. The summed E-state index contributed by atoms with van der Waals surface area (Å²) in [6.07, 6.45) is 0. The average molecular weight is 252 g/mol. The normalized spacial score (nSPS) is 10.8. The fourth-order valence-electron chi connectivity index (χ4n) is 2.03. The van der Waals surface area contributed by atoms with Gasteiger partial charge in [-0.15, -0.1) is 0 Å². The molecule has 1 aromatic carbocycles. The maximum absolute atomic E-state index is 11.9. The van der Waals surface area contributed by atoms with Crippen molar-refractivity contribution in [1.29, 1.82) is 0 Å². The van der Waals surface area contributed by atoms with E-state index in [0.717, 1.165) is 5.56 Å². The predicted octanol–water partition coefficient (Wildman–Crippen LogP) is 2.00.